The van der Waals surface area contributed by atoms with Gasteiger partial charge in [0.1, 0.15) is 30.1 Å². The molecule has 0 spiro atoms. The molecule has 2 N–H and O–H groups in total. The predicted octanol–water partition coefficient (Wildman–Crippen LogP) is 3.60. The Bertz CT molecular complexity index is 1220. The molecule has 2 saturated heterocycles. The first kappa shape index (κ1) is 27.4. The highest BCUT2D eigenvalue weighted by Gasteiger charge is 2.44. The van der Waals surface area contributed by atoms with Gasteiger partial charge in [-0.1, -0.05) is 36.4 Å². The minimum Gasteiger partial charge on any atom is -0.444 e. The van der Waals surface area contributed by atoms with Crippen molar-refractivity contribution >= 4 is 40.3 Å². The van der Waals surface area contributed by atoms with Gasteiger partial charge in [-0.05, 0) is 52.0 Å². The first-order valence-electron chi connectivity index (χ1n) is 13.0. The second kappa shape index (κ2) is 11.0. The lowest BCUT2D eigenvalue weighted by Crippen LogP contribution is -2.51. The minimum atomic E-state index is -0.814. The fourth-order valence-electron chi connectivity index (χ4n) is 4.75. The van der Waals surface area contributed by atoms with Gasteiger partial charge in [-0.2, -0.15) is 0 Å². The highest BCUT2D eigenvalue weighted by molar-refractivity contribution is 6.04. The quantitative estimate of drug-likeness (QED) is 0.617. The van der Waals surface area contributed by atoms with Gasteiger partial charge in [0.15, 0.2) is 0 Å². The Labute approximate surface area is 222 Å². The topological polar surface area (TPSA) is 117 Å². The molecule has 2 aliphatic heterocycles. The monoisotopic (exact) mass is 524 g/mol. The zero-order chi connectivity index (χ0) is 27.6. The summed E-state index contributed by atoms with van der Waals surface area (Å²) in [6.45, 7) is 6.85. The van der Waals surface area contributed by atoms with Crippen LogP contribution in [-0.2, 0) is 23.9 Å². The molecule has 4 amide bonds. The van der Waals surface area contributed by atoms with Crippen LogP contribution in [0.1, 0.15) is 53.4 Å². The Balaban J connectivity index is 1.39. The molecule has 0 radical (unpaired) electrons. The Hall–Kier alpha value is -3.66. The summed E-state index contributed by atoms with van der Waals surface area (Å²) in [7, 11) is 1.49. The average Bonchev–Trinajstić information content (AvgIpc) is 3.22. The van der Waals surface area contributed by atoms with Crippen LogP contribution in [-0.4, -0.2) is 70.8 Å². The van der Waals surface area contributed by atoms with Crippen LogP contribution in [0.3, 0.4) is 0 Å². The van der Waals surface area contributed by atoms with Crippen LogP contribution in [0.2, 0.25) is 0 Å². The number of amides is 4. The fourth-order valence-corrected chi connectivity index (χ4v) is 4.75. The van der Waals surface area contributed by atoms with Crippen molar-refractivity contribution in [2.45, 2.75) is 83.5 Å². The lowest BCUT2D eigenvalue weighted by atomic mass is 10.1. The van der Waals surface area contributed by atoms with Crippen molar-refractivity contribution in [2.24, 2.45) is 0 Å². The van der Waals surface area contributed by atoms with E-state index in [0.29, 0.717) is 18.5 Å². The number of nitrogens with zero attached hydrogens (tertiary/aromatic N) is 2. The zero-order valence-electron chi connectivity index (χ0n) is 22.5. The Morgan fingerprint density at radius 3 is 2.53 bits per heavy atom. The fraction of sp³-hybridized carbons (Fsp3) is 0.500. The van der Waals surface area contributed by atoms with E-state index in [9.17, 15) is 19.2 Å². The smallest absolute Gasteiger partial charge is 0.410 e. The van der Waals surface area contributed by atoms with E-state index in [1.54, 1.807) is 27.7 Å². The Morgan fingerprint density at radius 1 is 1.08 bits per heavy atom. The number of rotatable bonds is 5. The second-order valence-corrected chi connectivity index (χ2v) is 10.8. The summed E-state index contributed by atoms with van der Waals surface area (Å²) >= 11 is 0. The lowest BCUT2D eigenvalue weighted by Gasteiger charge is -2.30. The van der Waals surface area contributed by atoms with E-state index >= 15 is 0 Å². The molecule has 38 heavy (non-hydrogen) atoms. The maximum absolute atomic E-state index is 13.3. The van der Waals surface area contributed by atoms with E-state index in [4.69, 9.17) is 9.47 Å². The Morgan fingerprint density at radius 2 is 1.79 bits per heavy atom. The number of ether oxygens (including phenoxy) is 2. The third-order valence-corrected chi connectivity index (χ3v) is 6.86. The van der Waals surface area contributed by atoms with Crippen molar-refractivity contribution in [1.82, 2.24) is 15.1 Å². The molecule has 2 unspecified atom stereocenters. The highest BCUT2D eigenvalue weighted by Crippen LogP contribution is 2.32. The Kier molecular flexibility index (Phi) is 7.91. The molecule has 10 heteroatoms. The van der Waals surface area contributed by atoms with Crippen molar-refractivity contribution in [1.29, 1.82) is 0 Å². The molecular weight excluding hydrogens is 488 g/mol. The number of nitrogens with one attached hydrogen (secondary N) is 2. The van der Waals surface area contributed by atoms with Gasteiger partial charge >= 0.3 is 6.09 Å². The number of carbonyl (C=O) groups is 4. The van der Waals surface area contributed by atoms with Crippen LogP contribution in [0, 0.1) is 0 Å². The molecule has 204 valence electrons. The largest absolute Gasteiger partial charge is 0.444 e. The second-order valence-electron chi connectivity index (χ2n) is 10.8. The standard InChI is InChI=1S/C28H36N4O6/c1-17(31(5)27(36)38-28(2,3)4)25(34)30-22-14-15-23(33)32-21(13-16-24(32)37-22)26(35)29-20-12-8-10-18-9-6-7-11-19(18)20/h6-12,17,21-22,24H,13-16H2,1-5H3,(H,29,35)(H,30,34)/t17-,21?,22?,24-/m0/s1. The third-order valence-electron chi connectivity index (χ3n) is 6.86. The molecule has 2 aliphatic rings. The van der Waals surface area contributed by atoms with Crippen molar-refractivity contribution in [3.8, 4) is 0 Å². The summed E-state index contributed by atoms with van der Waals surface area (Å²) in [4.78, 5) is 54.3. The van der Waals surface area contributed by atoms with Gasteiger partial charge in [0.25, 0.3) is 0 Å². The van der Waals surface area contributed by atoms with Gasteiger partial charge in [0.05, 0.1) is 0 Å². The molecular formula is C28H36N4O6. The normalized spacial score (nSPS) is 22.3. The maximum Gasteiger partial charge on any atom is 0.410 e. The number of benzene rings is 2. The lowest BCUT2D eigenvalue weighted by molar-refractivity contribution is -0.150. The summed E-state index contributed by atoms with van der Waals surface area (Å²) in [5.74, 6) is -0.885. The number of likely N-dealkylation sites (N-methyl/N-ethyl adjacent to an activating group) is 1. The van der Waals surface area contributed by atoms with E-state index < -0.39 is 42.1 Å². The molecule has 0 saturated carbocycles. The number of hydrogen-bond acceptors (Lipinski definition) is 6. The summed E-state index contributed by atoms with van der Waals surface area (Å²) in [5, 5.41) is 7.72. The zero-order valence-corrected chi connectivity index (χ0v) is 22.5. The van der Waals surface area contributed by atoms with E-state index in [1.807, 2.05) is 42.5 Å². The predicted molar refractivity (Wildman–Crippen MR) is 142 cm³/mol. The van der Waals surface area contributed by atoms with Crippen LogP contribution >= 0.6 is 0 Å². The van der Waals surface area contributed by atoms with Gasteiger partial charge in [-0.3, -0.25) is 19.3 Å². The first-order chi connectivity index (χ1) is 17.9. The van der Waals surface area contributed by atoms with Crippen LogP contribution in [0.5, 0.6) is 0 Å². The van der Waals surface area contributed by atoms with Crippen molar-refractivity contribution < 1.29 is 28.7 Å². The van der Waals surface area contributed by atoms with Gasteiger partial charge in [-0.15, -0.1) is 0 Å². The van der Waals surface area contributed by atoms with Crippen LogP contribution in [0.25, 0.3) is 10.8 Å². The number of carbonyl (C=O) groups excluding carboxylic acids is 4. The summed E-state index contributed by atoms with van der Waals surface area (Å²) < 4.78 is 11.4. The molecule has 4 atom stereocenters. The number of anilines is 1. The van der Waals surface area contributed by atoms with Gasteiger partial charge < -0.3 is 25.0 Å². The summed E-state index contributed by atoms with van der Waals surface area (Å²) in [5.41, 5.74) is 0.00210. The van der Waals surface area contributed by atoms with Gasteiger partial charge in [-0.25, -0.2) is 4.79 Å². The van der Waals surface area contributed by atoms with E-state index in [1.165, 1.54) is 16.8 Å². The molecule has 10 nitrogen and oxygen atoms in total. The van der Waals surface area contributed by atoms with E-state index in [-0.39, 0.29) is 24.7 Å². The number of hydrogen-bond donors (Lipinski definition) is 2. The van der Waals surface area contributed by atoms with E-state index in [0.717, 1.165) is 10.8 Å². The highest BCUT2D eigenvalue weighted by atomic mass is 16.6. The van der Waals surface area contributed by atoms with Gasteiger partial charge in [0.2, 0.25) is 17.7 Å². The molecule has 2 heterocycles. The average molecular weight is 525 g/mol. The molecule has 0 aliphatic carbocycles. The summed E-state index contributed by atoms with van der Waals surface area (Å²) in [6.07, 6.45) is -0.661. The molecule has 2 aromatic carbocycles. The molecule has 2 fully saturated rings. The van der Waals surface area contributed by atoms with Crippen molar-refractivity contribution in [2.75, 3.05) is 12.4 Å². The van der Waals surface area contributed by atoms with Crippen LogP contribution in [0.15, 0.2) is 42.5 Å². The molecule has 0 bridgehead atoms. The molecule has 4 rings (SSSR count). The SMILES string of the molecule is C[C@@H](C(=O)NC1CCC(=O)N2C(C(=O)Nc3cccc4ccccc34)CC[C@@H]2O1)N(C)C(=O)OC(C)(C)C. The van der Waals surface area contributed by atoms with E-state index in [2.05, 4.69) is 10.6 Å². The van der Waals surface area contributed by atoms with Crippen LogP contribution in [0.4, 0.5) is 10.5 Å². The third kappa shape index (κ3) is 6.07. The van der Waals surface area contributed by atoms with Crippen molar-refractivity contribution in [3.05, 3.63) is 42.5 Å². The van der Waals surface area contributed by atoms with Gasteiger partial charge in [0, 0.05) is 31.0 Å². The first-order valence-corrected chi connectivity index (χ1v) is 13.0. The molecule has 0 aromatic heterocycles. The summed E-state index contributed by atoms with van der Waals surface area (Å²) in [6, 6.07) is 12.0. The molecule has 2 aromatic rings. The maximum atomic E-state index is 13.3. The van der Waals surface area contributed by atoms with Crippen LogP contribution < -0.4 is 10.6 Å². The number of fused-ring (bicyclic) bond motifs is 2. The minimum absolute atomic E-state index is 0.121. The van der Waals surface area contributed by atoms with Crippen molar-refractivity contribution in [3.63, 3.8) is 0 Å².